The van der Waals surface area contributed by atoms with Crippen LogP contribution < -0.4 is 20.5 Å². The molecule has 0 atom stereocenters. The highest BCUT2D eigenvalue weighted by Crippen LogP contribution is 2.35. The summed E-state index contributed by atoms with van der Waals surface area (Å²) in [6.45, 7) is 0.212. The molecule has 1 heterocycles. The van der Waals surface area contributed by atoms with Gasteiger partial charge in [0.2, 0.25) is 6.79 Å². The number of nitrogen functional groups attached to an aromatic ring is 1. The van der Waals surface area contributed by atoms with Gasteiger partial charge in [0.1, 0.15) is 5.69 Å². The molecule has 0 radical (unpaired) electrons. The van der Waals surface area contributed by atoms with Crippen molar-refractivity contribution < 1.29 is 14.4 Å². The van der Waals surface area contributed by atoms with E-state index in [1.54, 1.807) is 18.2 Å². The van der Waals surface area contributed by atoms with Crippen LogP contribution in [-0.4, -0.2) is 11.7 Å². The van der Waals surface area contributed by atoms with E-state index in [4.69, 9.17) is 15.2 Å². The van der Waals surface area contributed by atoms with Gasteiger partial charge in [-0.15, -0.1) is 0 Å². The lowest BCUT2D eigenvalue weighted by molar-refractivity contribution is -0.383. The summed E-state index contributed by atoms with van der Waals surface area (Å²) in [6.07, 6.45) is 0. The highest BCUT2D eigenvalue weighted by molar-refractivity contribution is 5.71. The lowest BCUT2D eigenvalue weighted by Gasteiger charge is -2.08. The van der Waals surface area contributed by atoms with Crippen molar-refractivity contribution in [3.8, 4) is 11.5 Å². The number of hydrogen-bond acceptors (Lipinski definition) is 6. The first-order valence-electron chi connectivity index (χ1n) is 5.84. The van der Waals surface area contributed by atoms with Gasteiger partial charge in [0.05, 0.1) is 4.92 Å². The molecule has 1 aliphatic heterocycles. The van der Waals surface area contributed by atoms with Crippen LogP contribution >= 0.6 is 0 Å². The van der Waals surface area contributed by atoms with Gasteiger partial charge >= 0.3 is 0 Å². The smallest absolute Gasteiger partial charge is 0.292 e. The van der Waals surface area contributed by atoms with E-state index in [-0.39, 0.29) is 18.2 Å². The van der Waals surface area contributed by atoms with E-state index in [1.165, 1.54) is 12.1 Å². The van der Waals surface area contributed by atoms with Gasteiger partial charge in [-0.2, -0.15) is 0 Å². The Bertz CT molecular complexity index is 687. The van der Waals surface area contributed by atoms with Crippen molar-refractivity contribution in [1.29, 1.82) is 0 Å². The average Bonchev–Trinajstić information content (AvgIpc) is 2.85. The van der Waals surface area contributed by atoms with Gasteiger partial charge in [0.25, 0.3) is 5.69 Å². The molecule has 3 N–H and O–H groups in total. The third kappa shape index (κ3) is 2.16. The predicted molar refractivity (Wildman–Crippen MR) is 73.4 cm³/mol. The molecule has 0 aromatic heterocycles. The molecule has 7 heteroatoms. The van der Waals surface area contributed by atoms with Gasteiger partial charge in [-0.3, -0.25) is 10.1 Å². The Hall–Kier alpha value is -2.96. The standard InChI is InChI=1S/C13H11N3O4/c14-10-5-8(1-3-11(10)16(17)18)15-9-2-4-12-13(6-9)20-7-19-12/h1-6,15H,7,14H2. The minimum atomic E-state index is -0.514. The summed E-state index contributed by atoms with van der Waals surface area (Å²) < 4.78 is 10.5. The molecular weight excluding hydrogens is 262 g/mol. The largest absolute Gasteiger partial charge is 0.454 e. The molecule has 0 amide bonds. The molecule has 0 saturated heterocycles. The summed E-state index contributed by atoms with van der Waals surface area (Å²) in [6, 6.07) is 9.89. The quantitative estimate of drug-likeness (QED) is 0.506. The summed E-state index contributed by atoms with van der Waals surface area (Å²) in [7, 11) is 0. The fourth-order valence-corrected chi connectivity index (χ4v) is 1.94. The van der Waals surface area contributed by atoms with E-state index in [1.807, 2.05) is 6.07 Å². The van der Waals surface area contributed by atoms with Crippen molar-refractivity contribution in [1.82, 2.24) is 0 Å². The maximum atomic E-state index is 10.7. The van der Waals surface area contributed by atoms with Crippen LogP contribution in [0.4, 0.5) is 22.7 Å². The Balaban J connectivity index is 1.84. The molecule has 0 aliphatic carbocycles. The third-order valence-corrected chi connectivity index (χ3v) is 2.89. The van der Waals surface area contributed by atoms with E-state index >= 15 is 0 Å². The maximum absolute atomic E-state index is 10.7. The lowest BCUT2D eigenvalue weighted by Crippen LogP contribution is -1.97. The number of anilines is 3. The average molecular weight is 273 g/mol. The van der Waals surface area contributed by atoms with Gasteiger partial charge in [-0.05, 0) is 24.3 Å². The molecule has 102 valence electrons. The topological polar surface area (TPSA) is 99.7 Å². The normalized spacial score (nSPS) is 12.2. The van der Waals surface area contributed by atoms with Crippen LogP contribution in [0.15, 0.2) is 36.4 Å². The Kier molecular flexibility index (Phi) is 2.79. The SMILES string of the molecule is Nc1cc(Nc2ccc3c(c2)OCO3)ccc1[N+](=O)[O-]. The van der Waals surface area contributed by atoms with E-state index in [2.05, 4.69) is 5.32 Å². The van der Waals surface area contributed by atoms with Gasteiger partial charge in [-0.25, -0.2) is 0 Å². The molecule has 0 bridgehead atoms. The number of rotatable bonds is 3. The Morgan fingerprint density at radius 3 is 2.55 bits per heavy atom. The lowest BCUT2D eigenvalue weighted by atomic mass is 10.2. The Labute approximate surface area is 114 Å². The summed E-state index contributed by atoms with van der Waals surface area (Å²) >= 11 is 0. The highest BCUT2D eigenvalue weighted by Gasteiger charge is 2.14. The van der Waals surface area contributed by atoms with Crippen molar-refractivity contribution in [2.45, 2.75) is 0 Å². The number of nitrogens with one attached hydrogen (secondary N) is 1. The van der Waals surface area contributed by atoms with E-state index in [0.29, 0.717) is 17.2 Å². The summed E-state index contributed by atoms with van der Waals surface area (Å²) in [5.41, 5.74) is 7.08. The van der Waals surface area contributed by atoms with Crippen molar-refractivity contribution >= 4 is 22.7 Å². The second-order valence-corrected chi connectivity index (χ2v) is 4.22. The highest BCUT2D eigenvalue weighted by atomic mass is 16.7. The first kappa shape index (κ1) is 12.1. The van der Waals surface area contributed by atoms with Gasteiger partial charge in [0, 0.05) is 23.5 Å². The molecule has 0 unspecified atom stereocenters. The van der Waals surface area contributed by atoms with E-state index < -0.39 is 4.92 Å². The third-order valence-electron chi connectivity index (χ3n) is 2.89. The number of nitro benzene ring substituents is 1. The van der Waals surface area contributed by atoms with Crippen molar-refractivity contribution in [3.05, 3.63) is 46.5 Å². The molecule has 2 aromatic rings. The Morgan fingerprint density at radius 2 is 1.80 bits per heavy atom. The van der Waals surface area contributed by atoms with E-state index in [9.17, 15) is 10.1 Å². The molecule has 0 saturated carbocycles. The Morgan fingerprint density at radius 1 is 1.10 bits per heavy atom. The molecule has 7 nitrogen and oxygen atoms in total. The maximum Gasteiger partial charge on any atom is 0.292 e. The molecule has 0 spiro atoms. The molecule has 20 heavy (non-hydrogen) atoms. The summed E-state index contributed by atoms with van der Waals surface area (Å²) in [4.78, 5) is 10.2. The van der Waals surface area contributed by atoms with Gasteiger partial charge < -0.3 is 20.5 Å². The second kappa shape index (κ2) is 4.61. The summed E-state index contributed by atoms with van der Waals surface area (Å²) in [5.74, 6) is 1.35. The van der Waals surface area contributed by atoms with Gasteiger partial charge in [0.15, 0.2) is 11.5 Å². The fraction of sp³-hybridized carbons (Fsp3) is 0.0769. The van der Waals surface area contributed by atoms with Crippen LogP contribution in [0.25, 0.3) is 0 Å². The van der Waals surface area contributed by atoms with E-state index in [0.717, 1.165) is 5.69 Å². The van der Waals surface area contributed by atoms with Crippen LogP contribution in [0.2, 0.25) is 0 Å². The van der Waals surface area contributed by atoms with Crippen molar-refractivity contribution in [3.63, 3.8) is 0 Å². The molecule has 1 aliphatic rings. The van der Waals surface area contributed by atoms with Crippen LogP contribution in [0, 0.1) is 10.1 Å². The monoisotopic (exact) mass is 273 g/mol. The predicted octanol–water partition coefficient (Wildman–Crippen LogP) is 2.65. The van der Waals surface area contributed by atoms with Crippen LogP contribution in [0.5, 0.6) is 11.5 Å². The number of fused-ring (bicyclic) bond motifs is 1. The second-order valence-electron chi connectivity index (χ2n) is 4.22. The van der Waals surface area contributed by atoms with Crippen LogP contribution in [0.1, 0.15) is 0 Å². The minimum absolute atomic E-state index is 0.110. The summed E-state index contributed by atoms with van der Waals surface area (Å²) in [5, 5.41) is 13.8. The van der Waals surface area contributed by atoms with Crippen molar-refractivity contribution in [2.75, 3.05) is 17.8 Å². The molecule has 0 fully saturated rings. The zero-order valence-corrected chi connectivity index (χ0v) is 10.3. The number of hydrogen-bond donors (Lipinski definition) is 2. The van der Waals surface area contributed by atoms with Gasteiger partial charge in [-0.1, -0.05) is 0 Å². The van der Waals surface area contributed by atoms with Crippen LogP contribution in [0.3, 0.4) is 0 Å². The number of ether oxygens (including phenoxy) is 2. The number of nitrogens with zero attached hydrogens (tertiary/aromatic N) is 1. The first-order chi connectivity index (χ1) is 9.63. The van der Waals surface area contributed by atoms with Crippen molar-refractivity contribution in [2.24, 2.45) is 0 Å². The number of nitro groups is 1. The fourth-order valence-electron chi connectivity index (χ4n) is 1.94. The minimum Gasteiger partial charge on any atom is -0.454 e. The molecule has 2 aromatic carbocycles. The first-order valence-corrected chi connectivity index (χ1v) is 5.84. The zero-order valence-electron chi connectivity index (χ0n) is 10.3. The molecule has 3 rings (SSSR count). The molecular formula is C13H11N3O4. The zero-order chi connectivity index (χ0) is 14.1. The number of nitrogens with two attached hydrogens (primary N) is 1. The number of benzene rings is 2. The van der Waals surface area contributed by atoms with Crippen LogP contribution in [-0.2, 0) is 0 Å².